The van der Waals surface area contributed by atoms with Crippen LogP contribution >= 0.6 is 11.8 Å². The van der Waals surface area contributed by atoms with Gasteiger partial charge in [-0.1, -0.05) is 42.5 Å². The van der Waals surface area contributed by atoms with Crippen LogP contribution in [0.5, 0.6) is 0 Å². The standard InChI is InChI=1S/C28H28F6N2S/c1-26(21-8-4-3-5-9-21,19-20-16-22(27(29,30)31)18-23(17-20)28(32,33)34)36-14-12-35(13-15-36)24-10-6-7-11-25(24)37-2/h3-11,16-18H,12-15,19H2,1-2H3. The molecule has 1 atom stereocenters. The number of halogens is 6. The first kappa shape index (κ1) is 27.4. The molecule has 0 amide bonds. The molecule has 9 heteroatoms. The Morgan fingerprint density at radius 3 is 1.78 bits per heavy atom. The topological polar surface area (TPSA) is 6.48 Å². The number of hydrogen-bond acceptors (Lipinski definition) is 3. The van der Waals surface area contributed by atoms with Gasteiger partial charge in [-0.2, -0.15) is 26.3 Å². The Hall–Kier alpha value is -2.65. The minimum absolute atomic E-state index is 0.00339. The Bertz CT molecular complexity index is 1170. The predicted octanol–water partition coefficient (Wildman–Crippen LogP) is 7.73. The van der Waals surface area contributed by atoms with Gasteiger partial charge in [-0.05, 0) is 61.1 Å². The fourth-order valence-corrected chi connectivity index (χ4v) is 5.67. The zero-order valence-electron chi connectivity index (χ0n) is 20.5. The minimum Gasteiger partial charge on any atom is -0.368 e. The number of alkyl halides is 6. The second-order valence-electron chi connectivity index (χ2n) is 9.38. The zero-order chi connectivity index (χ0) is 26.8. The molecule has 1 unspecified atom stereocenters. The lowest BCUT2D eigenvalue weighted by molar-refractivity contribution is -0.143. The van der Waals surface area contributed by atoms with E-state index in [4.69, 9.17) is 0 Å². The average molecular weight is 539 g/mol. The normalized spacial score (nSPS) is 17.0. The van der Waals surface area contributed by atoms with Gasteiger partial charge in [0.05, 0.1) is 16.8 Å². The van der Waals surface area contributed by atoms with Crippen LogP contribution in [0.15, 0.2) is 77.7 Å². The SMILES string of the molecule is CSc1ccccc1N1CCN(C(C)(Cc2cc(C(F)(F)F)cc(C(F)(F)F)c2)c2ccccc2)CC1. The quantitative estimate of drug-likeness (QED) is 0.234. The number of nitrogens with zero attached hydrogens (tertiary/aromatic N) is 2. The van der Waals surface area contributed by atoms with Crippen LogP contribution in [0.3, 0.4) is 0 Å². The van der Waals surface area contributed by atoms with E-state index in [0.29, 0.717) is 26.2 Å². The lowest BCUT2D eigenvalue weighted by Gasteiger charge is -2.47. The van der Waals surface area contributed by atoms with E-state index in [1.165, 1.54) is 0 Å². The van der Waals surface area contributed by atoms with Gasteiger partial charge in [-0.15, -0.1) is 11.8 Å². The smallest absolute Gasteiger partial charge is 0.368 e. The summed E-state index contributed by atoms with van der Waals surface area (Å²) in [7, 11) is 0. The van der Waals surface area contributed by atoms with Crippen molar-refractivity contribution in [3.63, 3.8) is 0 Å². The molecule has 1 aliphatic heterocycles. The largest absolute Gasteiger partial charge is 0.416 e. The van der Waals surface area contributed by atoms with E-state index >= 15 is 0 Å². The molecule has 3 aromatic carbocycles. The maximum Gasteiger partial charge on any atom is 0.416 e. The van der Waals surface area contributed by atoms with Crippen molar-refractivity contribution in [1.29, 1.82) is 0 Å². The van der Waals surface area contributed by atoms with Crippen LogP contribution in [-0.2, 0) is 24.3 Å². The molecule has 0 aliphatic carbocycles. The van der Waals surface area contributed by atoms with Crippen LogP contribution in [-0.4, -0.2) is 37.3 Å². The fourth-order valence-electron chi connectivity index (χ4n) is 5.04. The molecule has 1 fully saturated rings. The lowest BCUT2D eigenvalue weighted by Crippen LogP contribution is -2.55. The molecule has 4 rings (SSSR count). The van der Waals surface area contributed by atoms with Gasteiger partial charge >= 0.3 is 12.4 Å². The van der Waals surface area contributed by atoms with Crippen LogP contribution in [0.1, 0.15) is 29.2 Å². The Morgan fingerprint density at radius 1 is 0.703 bits per heavy atom. The van der Waals surface area contributed by atoms with E-state index < -0.39 is 29.0 Å². The van der Waals surface area contributed by atoms with Gasteiger partial charge in [0.2, 0.25) is 0 Å². The van der Waals surface area contributed by atoms with Crippen molar-refractivity contribution >= 4 is 17.4 Å². The van der Waals surface area contributed by atoms with Crippen LogP contribution in [0.4, 0.5) is 32.0 Å². The zero-order valence-corrected chi connectivity index (χ0v) is 21.4. The molecule has 0 N–H and O–H groups in total. The van der Waals surface area contributed by atoms with Gasteiger partial charge in [0.25, 0.3) is 0 Å². The van der Waals surface area contributed by atoms with Crippen LogP contribution in [0.25, 0.3) is 0 Å². The summed E-state index contributed by atoms with van der Waals surface area (Å²) < 4.78 is 81.2. The van der Waals surface area contributed by atoms with Gasteiger partial charge in [-0.3, -0.25) is 4.90 Å². The third kappa shape index (κ3) is 6.09. The first-order valence-corrected chi connectivity index (χ1v) is 13.1. The van der Waals surface area contributed by atoms with Crippen molar-refractivity contribution in [3.05, 3.63) is 95.1 Å². The van der Waals surface area contributed by atoms with Crippen molar-refractivity contribution in [2.24, 2.45) is 0 Å². The number of thioether (sulfide) groups is 1. The molecule has 0 spiro atoms. The van der Waals surface area contributed by atoms with Gasteiger partial charge in [0, 0.05) is 36.6 Å². The number of anilines is 1. The second-order valence-corrected chi connectivity index (χ2v) is 10.2. The molecular weight excluding hydrogens is 510 g/mol. The Morgan fingerprint density at radius 2 is 1.24 bits per heavy atom. The molecule has 198 valence electrons. The van der Waals surface area contributed by atoms with E-state index in [9.17, 15) is 26.3 Å². The fraction of sp³-hybridized carbons (Fsp3) is 0.357. The van der Waals surface area contributed by atoms with E-state index in [-0.39, 0.29) is 18.1 Å². The molecular formula is C28H28F6N2S. The maximum atomic E-state index is 13.5. The Labute approximate surface area is 217 Å². The molecule has 1 saturated heterocycles. The highest BCUT2D eigenvalue weighted by Gasteiger charge is 2.40. The maximum absolute atomic E-state index is 13.5. The van der Waals surface area contributed by atoms with Gasteiger partial charge < -0.3 is 4.90 Å². The van der Waals surface area contributed by atoms with Gasteiger partial charge in [-0.25, -0.2) is 0 Å². The third-order valence-corrected chi connectivity index (χ3v) is 7.78. The number of rotatable bonds is 6. The highest BCUT2D eigenvalue weighted by Crippen LogP contribution is 2.40. The first-order valence-electron chi connectivity index (χ1n) is 11.9. The van der Waals surface area contributed by atoms with Crippen molar-refractivity contribution in [2.45, 2.75) is 36.1 Å². The van der Waals surface area contributed by atoms with E-state index in [1.54, 1.807) is 11.8 Å². The summed E-state index contributed by atoms with van der Waals surface area (Å²) in [5.41, 5.74) is -1.40. The van der Waals surface area contributed by atoms with Crippen molar-refractivity contribution in [3.8, 4) is 0 Å². The van der Waals surface area contributed by atoms with E-state index in [1.807, 2.05) is 55.6 Å². The van der Waals surface area contributed by atoms with Crippen molar-refractivity contribution in [2.75, 3.05) is 37.3 Å². The summed E-state index contributed by atoms with van der Waals surface area (Å²) in [5, 5.41) is 0. The lowest BCUT2D eigenvalue weighted by atomic mass is 9.82. The molecule has 1 heterocycles. The van der Waals surface area contributed by atoms with Gasteiger partial charge in [0.15, 0.2) is 0 Å². The molecule has 37 heavy (non-hydrogen) atoms. The van der Waals surface area contributed by atoms with E-state index in [2.05, 4.69) is 21.9 Å². The van der Waals surface area contributed by atoms with Crippen molar-refractivity contribution < 1.29 is 26.3 Å². The highest BCUT2D eigenvalue weighted by molar-refractivity contribution is 7.98. The molecule has 1 aliphatic rings. The molecule has 3 aromatic rings. The van der Waals surface area contributed by atoms with Crippen molar-refractivity contribution in [1.82, 2.24) is 4.90 Å². The summed E-state index contributed by atoms with van der Waals surface area (Å²) in [6.45, 7) is 4.51. The van der Waals surface area contributed by atoms with Crippen LogP contribution in [0.2, 0.25) is 0 Å². The summed E-state index contributed by atoms with van der Waals surface area (Å²) in [6, 6.07) is 19.3. The molecule has 0 bridgehead atoms. The minimum atomic E-state index is -4.88. The number of hydrogen-bond donors (Lipinski definition) is 0. The summed E-state index contributed by atoms with van der Waals surface area (Å²) in [6.07, 6.45) is -7.73. The van der Waals surface area contributed by atoms with E-state index in [0.717, 1.165) is 28.3 Å². The van der Waals surface area contributed by atoms with Crippen LogP contribution < -0.4 is 4.90 Å². The Balaban J connectivity index is 1.68. The summed E-state index contributed by atoms with van der Waals surface area (Å²) >= 11 is 1.66. The Kier molecular flexibility index (Phi) is 7.85. The summed E-state index contributed by atoms with van der Waals surface area (Å²) in [5.74, 6) is 0. The molecule has 0 aromatic heterocycles. The monoisotopic (exact) mass is 538 g/mol. The third-order valence-electron chi connectivity index (χ3n) is 6.99. The second kappa shape index (κ2) is 10.6. The number of para-hydroxylation sites is 1. The van der Waals surface area contributed by atoms with Crippen LogP contribution in [0, 0.1) is 0 Å². The highest BCUT2D eigenvalue weighted by atomic mass is 32.2. The number of benzene rings is 3. The van der Waals surface area contributed by atoms with Gasteiger partial charge in [0.1, 0.15) is 0 Å². The molecule has 2 nitrogen and oxygen atoms in total. The summed E-state index contributed by atoms with van der Waals surface area (Å²) in [4.78, 5) is 5.61. The molecule has 0 saturated carbocycles. The predicted molar refractivity (Wildman–Crippen MR) is 136 cm³/mol. The average Bonchev–Trinajstić information content (AvgIpc) is 2.88. The first-order chi connectivity index (χ1) is 17.4. The number of piperazine rings is 1. The molecule has 0 radical (unpaired) electrons.